The minimum atomic E-state index is -0.528. The van der Waals surface area contributed by atoms with Crippen molar-refractivity contribution in [3.8, 4) is 0 Å². The molecule has 1 fully saturated rings. The van der Waals surface area contributed by atoms with Crippen LogP contribution in [0.4, 0.5) is 5.69 Å². The number of primary amides is 1. The molecule has 2 amide bonds. The largest absolute Gasteiger partial charge is 0.366 e. The molecule has 0 aliphatic heterocycles. The molecule has 1 heterocycles. The van der Waals surface area contributed by atoms with Crippen LogP contribution in [0.5, 0.6) is 0 Å². The van der Waals surface area contributed by atoms with Crippen molar-refractivity contribution >= 4 is 17.5 Å². The Hall–Kier alpha value is -2.89. The summed E-state index contributed by atoms with van der Waals surface area (Å²) in [7, 11) is 1.87. The smallest absolute Gasteiger partial charge is 0.250 e. The van der Waals surface area contributed by atoms with Gasteiger partial charge in [0, 0.05) is 24.2 Å². The van der Waals surface area contributed by atoms with E-state index in [0.717, 1.165) is 11.4 Å². The molecular formula is C18H20N4O2. The van der Waals surface area contributed by atoms with Crippen LogP contribution in [-0.2, 0) is 18.4 Å². The first-order valence-electron chi connectivity index (χ1n) is 7.86. The Morgan fingerprint density at radius 1 is 1.42 bits per heavy atom. The van der Waals surface area contributed by atoms with Crippen molar-refractivity contribution in [2.75, 3.05) is 4.90 Å². The van der Waals surface area contributed by atoms with E-state index in [1.807, 2.05) is 13.1 Å². The SMILES string of the molecule is C=CC(=O)N(Cc1cc(C2CC2)nn1C)c1cccc(C(N)=O)c1. The number of nitrogens with zero attached hydrogens (tertiary/aromatic N) is 3. The van der Waals surface area contributed by atoms with Gasteiger partial charge in [0.05, 0.1) is 17.9 Å². The molecule has 6 heteroatoms. The number of aryl methyl sites for hydroxylation is 1. The average molecular weight is 324 g/mol. The maximum absolute atomic E-state index is 12.3. The molecule has 1 aromatic carbocycles. The minimum absolute atomic E-state index is 0.245. The molecule has 0 radical (unpaired) electrons. The Kier molecular flexibility index (Phi) is 4.20. The van der Waals surface area contributed by atoms with Crippen molar-refractivity contribution in [3.05, 3.63) is 59.9 Å². The fraction of sp³-hybridized carbons (Fsp3) is 0.278. The van der Waals surface area contributed by atoms with Gasteiger partial charge in [0.25, 0.3) is 5.91 Å². The molecule has 6 nitrogen and oxygen atoms in total. The van der Waals surface area contributed by atoms with Crippen LogP contribution >= 0.6 is 0 Å². The third-order valence-corrected chi connectivity index (χ3v) is 4.19. The maximum Gasteiger partial charge on any atom is 0.250 e. The number of nitrogens with two attached hydrogens (primary N) is 1. The molecule has 1 saturated carbocycles. The van der Waals surface area contributed by atoms with Crippen molar-refractivity contribution in [1.82, 2.24) is 9.78 Å². The zero-order chi connectivity index (χ0) is 17.3. The molecule has 2 N–H and O–H groups in total. The molecule has 1 aromatic heterocycles. The van der Waals surface area contributed by atoms with E-state index in [0.29, 0.717) is 23.7 Å². The first-order valence-corrected chi connectivity index (χ1v) is 7.86. The van der Waals surface area contributed by atoms with Gasteiger partial charge in [0.1, 0.15) is 0 Å². The van der Waals surface area contributed by atoms with Crippen molar-refractivity contribution in [3.63, 3.8) is 0 Å². The number of carbonyl (C=O) groups excluding carboxylic acids is 2. The summed E-state index contributed by atoms with van der Waals surface area (Å²) in [6.07, 6.45) is 3.61. The van der Waals surface area contributed by atoms with Crippen molar-refractivity contribution in [1.29, 1.82) is 0 Å². The predicted octanol–water partition coefficient (Wildman–Crippen LogP) is 2.12. The summed E-state index contributed by atoms with van der Waals surface area (Å²) in [4.78, 5) is 25.3. The fourth-order valence-electron chi connectivity index (χ4n) is 2.65. The van der Waals surface area contributed by atoms with Gasteiger partial charge in [-0.05, 0) is 43.2 Å². The van der Waals surface area contributed by atoms with E-state index < -0.39 is 5.91 Å². The lowest BCUT2D eigenvalue weighted by Crippen LogP contribution is -2.29. The van der Waals surface area contributed by atoms with Crippen LogP contribution in [0.2, 0.25) is 0 Å². The monoisotopic (exact) mass is 324 g/mol. The fourth-order valence-corrected chi connectivity index (χ4v) is 2.65. The molecule has 3 rings (SSSR count). The number of aromatic nitrogens is 2. The second-order valence-electron chi connectivity index (χ2n) is 6.00. The van der Waals surface area contributed by atoms with Crippen LogP contribution in [0.3, 0.4) is 0 Å². The Morgan fingerprint density at radius 3 is 2.79 bits per heavy atom. The lowest BCUT2D eigenvalue weighted by molar-refractivity contribution is -0.114. The molecule has 1 aliphatic carbocycles. The second-order valence-corrected chi connectivity index (χ2v) is 6.00. The normalized spacial score (nSPS) is 13.5. The average Bonchev–Trinajstić information content (AvgIpc) is 3.36. The number of carbonyl (C=O) groups is 2. The molecule has 2 aromatic rings. The predicted molar refractivity (Wildman–Crippen MR) is 91.5 cm³/mol. The molecule has 0 saturated heterocycles. The summed E-state index contributed by atoms with van der Waals surface area (Å²) in [5, 5.41) is 4.53. The summed E-state index contributed by atoms with van der Waals surface area (Å²) in [6.45, 7) is 3.92. The topological polar surface area (TPSA) is 81.2 Å². The van der Waals surface area contributed by atoms with E-state index in [1.54, 1.807) is 33.8 Å². The summed E-state index contributed by atoms with van der Waals surface area (Å²) in [5.41, 5.74) is 8.30. The molecule has 124 valence electrons. The molecule has 0 spiro atoms. The first-order chi connectivity index (χ1) is 11.5. The van der Waals surface area contributed by atoms with Crippen molar-refractivity contribution in [2.24, 2.45) is 12.8 Å². The van der Waals surface area contributed by atoms with E-state index in [4.69, 9.17) is 5.73 Å². The molecule has 0 bridgehead atoms. The first kappa shape index (κ1) is 16.0. The van der Waals surface area contributed by atoms with Gasteiger partial charge in [-0.25, -0.2) is 0 Å². The highest BCUT2D eigenvalue weighted by Gasteiger charge is 2.27. The highest BCUT2D eigenvalue weighted by molar-refractivity contribution is 6.02. The van der Waals surface area contributed by atoms with Gasteiger partial charge in [-0.3, -0.25) is 14.3 Å². The third-order valence-electron chi connectivity index (χ3n) is 4.19. The van der Waals surface area contributed by atoms with Crippen LogP contribution in [0.15, 0.2) is 43.0 Å². The molecular weight excluding hydrogens is 304 g/mol. The quantitative estimate of drug-likeness (QED) is 0.826. The lowest BCUT2D eigenvalue weighted by Gasteiger charge is -2.21. The highest BCUT2D eigenvalue weighted by atomic mass is 16.2. The number of hydrogen-bond acceptors (Lipinski definition) is 3. The van der Waals surface area contributed by atoms with E-state index in [2.05, 4.69) is 11.7 Å². The number of amides is 2. The van der Waals surface area contributed by atoms with E-state index in [1.165, 1.54) is 18.9 Å². The summed E-state index contributed by atoms with van der Waals surface area (Å²) in [6, 6.07) is 8.75. The lowest BCUT2D eigenvalue weighted by atomic mass is 10.1. The number of anilines is 1. The molecule has 24 heavy (non-hydrogen) atoms. The Balaban J connectivity index is 1.92. The van der Waals surface area contributed by atoms with E-state index in [9.17, 15) is 9.59 Å². The zero-order valence-corrected chi connectivity index (χ0v) is 13.6. The van der Waals surface area contributed by atoms with Crippen LogP contribution in [0.1, 0.15) is 40.5 Å². The van der Waals surface area contributed by atoms with Gasteiger partial charge >= 0.3 is 0 Å². The van der Waals surface area contributed by atoms with Gasteiger partial charge in [0.2, 0.25) is 5.91 Å². The standard InChI is InChI=1S/C18H20N4O2/c1-3-17(23)22(14-6-4-5-13(9-14)18(19)24)11-15-10-16(12-7-8-12)20-21(15)2/h3-6,9-10,12H,1,7-8,11H2,2H3,(H2,19,24). The Bertz CT molecular complexity index is 805. The van der Waals surface area contributed by atoms with Crippen LogP contribution in [0, 0.1) is 0 Å². The number of hydrogen-bond donors (Lipinski definition) is 1. The third kappa shape index (κ3) is 3.22. The summed E-state index contributed by atoms with van der Waals surface area (Å²) < 4.78 is 1.80. The molecule has 0 unspecified atom stereocenters. The van der Waals surface area contributed by atoms with Gasteiger partial charge in [-0.1, -0.05) is 12.6 Å². The number of benzene rings is 1. The summed E-state index contributed by atoms with van der Waals surface area (Å²) in [5.74, 6) is -0.225. The summed E-state index contributed by atoms with van der Waals surface area (Å²) >= 11 is 0. The maximum atomic E-state index is 12.3. The van der Waals surface area contributed by atoms with Gasteiger partial charge < -0.3 is 10.6 Å². The van der Waals surface area contributed by atoms with Gasteiger partial charge in [-0.15, -0.1) is 0 Å². The van der Waals surface area contributed by atoms with Crippen molar-refractivity contribution in [2.45, 2.75) is 25.3 Å². The molecule has 0 atom stereocenters. The highest BCUT2D eigenvalue weighted by Crippen LogP contribution is 2.39. The number of rotatable bonds is 6. The van der Waals surface area contributed by atoms with Crippen molar-refractivity contribution < 1.29 is 9.59 Å². The molecule has 1 aliphatic rings. The van der Waals surface area contributed by atoms with E-state index in [-0.39, 0.29) is 5.91 Å². The van der Waals surface area contributed by atoms with Crippen LogP contribution < -0.4 is 10.6 Å². The Morgan fingerprint density at radius 2 is 2.17 bits per heavy atom. The van der Waals surface area contributed by atoms with E-state index >= 15 is 0 Å². The van der Waals surface area contributed by atoms with Gasteiger partial charge in [-0.2, -0.15) is 5.10 Å². The zero-order valence-electron chi connectivity index (χ0n) is 13.6. The van der Waals surface area contributed by atoms with Crippen LogP contribution in [0.25, 0.3) is 0 Å². The Labute approximate surface area is 140 Å². The van der Waals surface area contributed by atoms with Crippen LogP contribution in [-0.4, -0.2) is 21.6 Å². The minimum Gasteiger partial charge on any atom is -0.366 e. The second kappa shape index (κ2) is 6.31. The van der Waals surface area contributed by atoms with Gasteiger partial charge in [0.15, 0.2) is 0 Å².